The van der Waals surface area contributed by atoms with Crippen molar-refractivity contribution in [2.45, 2.75) is 52.2 Å². The van der Waals surface area contributed by atoms with E-state index in [9.17, 15) is 9.59 Å². The van der Waals surface area contributed by atoms with Crippen LogP contribution in [-0.4, -0.2) is 48.6 Å². The Hall–Kier alpha value is -1.10. The van der Waals surface area contributed by atoms with Crippen LogP contribution in [0.2, 0.25) is 0 Å². The molecule has 5 nitrogen and oxygen atoms in total. The molecule has 1 rings (SSSR count). The molecule has 0 radical (unpaired) electrons. The van der Waals surface area contributed by atoms with Crippen LogP contribution < -0.4 is 5.32 Å². The second kappa shape index (κ2) is 7.36. The number of nitrogens with zero attached hydrogens (tertiary/aromatic N) is 1. The van der Waals surface area contributed by atoms with Crippen molar-refractivity contribution in [3.05, 3.63) is 0 Å². The summed E-state index contributed by atoms with van der Waals surface area (Å²) in [5.74, 6) is -0.0101. The van der Waals surface area contributed by atoms with Crippen LogP contribution in [0.5, 0.6) is 0 Å². The Morgan fingerprint density at radius 3 is 2.78 bits per heavy atom. The largest absolute Gasteiger partial charge is 0.377 e. The average molecular weight is 256 g/mol. The second-order valence-corrected chi connectivity index (χ2v) is 4.90. The van der Waals surface area contributed by atoms with Crippen molar-refractivity contribution in [1.82, 2.24) is 10.2 Å². The first-order valence-electron chi connectivity index (χ1n) is 6.74. The molecule has 1 aliphatic rings. The molecule has 0 aromatic rings. The van der Waals surface area contributed by atoms with Gasteiger partial charge >= 0.3 is 0 Å². The molecule has 0 aliphatic carbocycles. The maximum atomic E-state index is 12.2. The van der Waals surface area contributed by atoms with Crippen LogP contribution in [-0.2, 0) is 14.3 Å². The van der Waals surface area contributed by atoms with Crippen LogP contribution >= 0.6 is 0 Å². The van der Waals surface area contributed by atoms with E-state index >= 15 is 0 Å². The third-order valence-corrected chi connectivity index (χ3v) is 2.94. The van der Waals surface area contributed by atoms with Gasteiger partial charge in [-0.1, -0.05) is 13.3 Å². The maximum absolute atomic E-state index is 12.2. The molecular weight excluding hydrogens is 232 g/mol. The fraction of sp³-hybridized carbons (Fsp3) is 0.846. The Kier molecular flexibility index (Phi) is 6.12. The minimum Gasteiger partial charge on any atom is -0.377 e. The molecular formula is C13H24N2O3. The molecule has 5 heteroatoms. The van der Waals surface area contributed by atoms with Gasteiger partial charge in [0.1, 0.15) is 6.04 Å². The topological polar surface area (TPSA) is 58.6 Å². The van der Waals surface area contributed by atoms with Crippen LogP contribution in [0, 0.1) is 0 Å². The third-order valence-electron chi connectivity index (χ3n) is 2.94. The highest BCUT2D eigenvalue weighted by molar-refractivity contribution is 5.89. The monoisotopic (exact) mass is 256 g/mol. The highest BCUT2D eigenvalue weighted by Crippen LogP contribution is 2.08. The minimum absolute atomic E-state index is 0.0232. The number of amides is 2. The van der Waals surface area contributed by atoms with Gasteiger partial charge in [0.05, 0.1) is 12.7 Å². The van der Waals surface area contributed by atoms with E-state index in [0.717, 1.165) is 6.42 Å². The Bertz CT molecular complexity index is 292. The Morgan fingerprint density at radius 1 is 1.44 bits per heavy atom. The summed E-state index contributed by atoms with van der Waals surface area (Å²) < 4.78 is 5.46. The number of rotatable bonds is 6. The molecule has 2 amide bonds. The van der Waals surface area contributed by atoms with Gasteiger partial charge in [-0.2, -0.15) is 0 Å². The lowest BCUT2D eigenvalue weighted by atomic mass is 10.1. The van der Waals surface area contributed by atoms with E-state index in [4.69, 9.17) is 4.74 Å². The summed E-state index contributed by atoms with van der Waals surface area (Å²) in [5, 5.41) is 2.79. The molecule has 1 aliphatic heterocycles. The quantitative estimate of drug-likeness (QED) is 0.769. The van der Waals surface area contributed by atoms with E-state index in [2.05, 4.69) is 5.32 Å². The predicted octanol–water partition coefficient (Wildman–Crippen LogP) is 0.929. The number of hydrogen-bond donors (Lipinski definition) is 1. The summed E-state index contributed by atoms with van der Waals surface area (Å²) in [7, 11) is 0. The molecule has 0 spiro atoms. The SMILES string of the molecule is CCCC1NC(=O)CCN(CCOC(C)C)C1=O. The van der Waals surface area contributed by atoms with Gasteiger partial charge in [0.2, 0.25) is 11.8 Å². The van der Waals surface area contributed by atoms with E-state index in [0.29, 0.717) is 32.5 Å². The zero-order valence-electron chi connectivity index (χ0n) is 11.6. The molecule has 0 aromatic carbocycles. The first-order chi connectivity index (χ1) is 8.54. The van der Waals surface area contributed by atoms with Gasteiger partial charge in [-0.25, -0.2) is 0 Å². The Morgan fingerprint density at radius 2 is 2.17 bits per heavy atom. The summed E-state index contributed by atoms with van der Waals surface area (Å²) in [6, 6.07) is -0.357. The average Bonchev–Trinajstić information content (AvgIpc) is 2.42. The van der Waals surface area contributed by atoms with Crippen molar-refractivity contribution in [2.75, 3.05) is 19.7 Å². The van der Waals surface area contributed by atoms with Crippen molar-refractivity contribution < 1.29 is 14.3 Å². The van der Waals surface area contributed by atoms with Gasteiger partial charge in [-0.15, -0.1) is 0 Å². The summed E-state index contributed by atoms with van der Waals surface area (Å²) in [4.78, 5) is 25.5. The number of nitrogens with one attached hydrogen (secondary N) is 1. The van der Waals surface area contributed by atoms with E-state index in [1.807, 2.05) is 20.8 Å². The lowest BCUT2D eigenvalue weighted by molar-refractivity contribution is -0.134. The third kappa shape index (κ3) is 4.64. The van der Waals surface area contributed by atoms with E-state index in [1.165, 1.54) is 0 Å². The van der Waals surface area contributed by atoms with Crippen molar-refractivity contribution in [2.24, 2.45) is 0 Å². The van der Waals surface area contributed by atoms with Gasteiger partial charge in [-0.05, 0) is 20.3 Å². The highest BCUT2D eigenvalue weighted by atomic mass is 16.5. The lowest BCUT2D eigenvalue weighted by Gasteiger charge is -2.24. The van der Waals surface area contributed by atoms with Crippen molar-refractivity contribution in [1.29, 1.82) is 0 Å². The highest BCUT2D eigenvalue weighted by Gasteiger charge is 2.28. The van der Waals surface area contributed by atoms with E-state index in [1.54, 1.807) is 4.90 Å². The molecule has 1 saturated heterocycles. The number of carbonyl (C=O) groups is 2. The van der Waals surface area contributed by atoms with Gasteiger partial charge in [0.15, 0.2) is 0 Å². The van der Waals surface area contributed by atoms with Crippen LogP contribution in [0.1, 0.15) is 40.0 Å². The molecule has 1 atom stereocenters. The zero-order chi connectivity index (χ0) is 13.5. The van der Waals surface area contributed by atoms with Gasteiger partial charge < -0.3 is 15.0 Å². The summed E-state index contributed by atoms with van der Waals surface area (Å²) in [5.41, 5.74) is 0. The Balaban J connectivity index is 2.54. The first kappa shape index (κ1) is 15.0. The van der Waals surface area contributed by atoms with Crippen LogP contribution in [0.25, 0.3) is 0 Å². The van der Waals surface area contributed by atoms with E-state index < -0.39 is 0 Å². The molecule has 0 saturated carbocycles. The minimum atomic E-state index is -0.357. The fourth-order valence-electron chi connectivity index (χ4n) is 2.00. The molecule has 0 bridgehead atoms. The smallest absolute Gasteiger partial charge is 0.245 e. The second-order valence-electron chi connectivity index (χ2n) is 4.90. The summed E-state index contributed by atoms with van der Waals surface area (Å²) >= 11 is 0. The molecule has 104 valence electrons. The molecule has 18 heavy (non-hydrogen) atoms. The normalized spacial score (nSPS) is 21.1. The van der Waals surface area contributed by atoms with Crippen LogP contribution in [0.15, 0.2) is 0 Å². The number of ether oxygens (including phenoxy) is 1. The van der Waals surface area contributed by atoms with Gasteiger partial charge in [0, 0.05) is 19.5 Å². The summed E-state index contributed by atoms with van der Waals surface area (Å²) in [6.45, 7) is 7.52. The fourth-order valence-corrected chi connectivity index (χ4v) is 2.00. The molecule has 1 heterocycles. The van der Waals surface area contributed by atoms with Gasteiger partial charge in [0.25, 0.3) is 0 Å². The maximum Gasteiger partial charge on any atom is 0.245 e. The number of hydrogen-bond acceptors (Lipinski definition) is 3. The Labute approximate surface area is 109 Å². The van der Waals surface area contributed by atoms with Crippen molar-refractivity contribution in [3.63, 3.8) is 0 Å². The van der Waals surface area contributed by atoms with Gasteiger partial charge in [-0.3, -0.25) is 9.59 Å². The first-order valence-corrected chi connectivity index (χ1v) is 6.74. The zero-order valence-corrected chi connectivity index (χ0v) is 11.6. The number of carbonyl (C=O) groups excluding carboxylic acids is 2. The van der Waals surface area contributed by atoms with Crippen molar-refractivity contribution >= 4 is 11.8 Å². The summed E-state index contributed by atoms with van der Waals surface area (Å²) in [6.07, 6.45) is 2.13. The van der Waals surface area contributed by atoms with Crippen LogP contribution in [0.4, 0.5) is 0 Å². The molecule has 1 unspecified atom stereocenters. The predicted molar refractivity (Wildman–Crippen MR) is 69.1 cm³/mol. The molecule has 1 N–H and O–H groups in total. The van der Waals surface area contributed by atoms with E-state index in [-0.39, 0.29) is 24.0 Å². The molecule has 1 fully saturated rings. The molecule has 0 aromatic heterocycles. The standard InChI is InChI=1S/C13H24N2O3/c1-4-5-11-13(17)15(7-6-12(16)14-11)8-9-18-10(2)3/h10-11H,4-9H2,1-3H3,(H,14,16). The van der Waals surface area contributed by atoms with Crippen LogP contribution in [0.3, 0.4) is 0 Å². The van der Waals surface area contributed by atoms with Crippen molar-refractivity contribution in [3.8, 4) is 0 Å². The lowest BCUT2D eigenvalue weighted by Crippen LogP contribution is -2.45.